The van der Waals surface area contributed by atoms with Gasteiger partial charge in [-0.05, 0) is 38.0 Å². The minimum absolute atomic E-state index is 0.223. The summed E-state index contributed by atoms with van der Waals surface area (Å²) in [4.78, 5) is 15.8. The lowest BCUT2D eigenvalue weighted by molar-refractivity contribution is 0.0697. The molecule has 1 N–H and O–H groups in total. The number of carbonyl (C=O) groups is 1. The summed E-state index contributed by atoms with van der Waals surface area (Å²) in [6.45, 7) is 4.91. The van der Waals surface area contributed by atoms with Gasteiger partial charge in [-0.15, -0.1) is 0 Å². The van der Waals surface area contributed by atoms with Crippen LogP contribution in [0.4, 0.5) is 0 Å². The van der Waals surface area contributed by atoms with Crippen molar-refractivity contribution >= 4 is 17.0 Å². The highest BCUT2D eigenvalue weighted by Crippen LogP contribution is 2.25. The Kier molecular flexibility index (Phi) is 4.96. The van der Waals surface area contributed by atoms with E-state index in [0.717, 1.165) is 36.1 Å². The maximum Gasteiger partial charge on any atom is 0.335 e. The van der Waals surface area contributed by atoms with Crippen LogP contribution in [0.25, 0.3) is 11.0 Å². The van der Waals surface area contributed by atoms with Crippen LogP contribution in [0.15, 0.2) is 18.2 Å². The van der Waals surface area contributed by atoms with Crippen LogP contribution >= 0.6 is 0 Å². The predicted octanol–water partition coefficient (Wildman–Crippen LogP) is 3.28. The number of methoxy groups -OCH3 is 1. The molecular formula is C16H22N2O3. The fraction of sp³-hybridized carbons (Fsp3) is 0.500. The van der Waals surface area contributed by atoms with Crippen LogP contribution in [0.3, 0.4) is 0 Å². The van der Waals surface area contributed by atoms with Crippen molar-refractivity contribution in [3.8, 4) is 0 Å². The van der Waals surface area contributed by atoms with Gasteiger partial charge in [-0.3, -0.25) is 0 Å². The molecule has 5 nitrogen and oxygen atoms in total. The zero-order chi connectivity index (χ0) is 15.4. The second kappa shape index (κ2) is 6.72. The Morgan fingerprint density at radius 2 is 2.24 bits per heavy atom. The fourth-order valence-corrected chi connectivity index (χ4v) is 2.59. The summed E-state index contributed by atoms with van der Waals surface area (Å²) in [5.41, 5.74) is 2.04. The van der Waals surface area contributed by atoms with Crippen molar-refractivity contribution in [3.05, 3.63) is 29.6 Å². The number of aromatic nitrogens is 2. The topological polar surface area (TPSA) is 64.3 Å². The molecule has 0 fully saturated rings. The smallest absolute Gasteiger partial charge is 0.335 e. The molecule has 0 saturated carbocycles. The summed E-state index contributed by atoms with van der Waals surface area (Å²) in [6.07, 6.45) is 2.76. The van der Waals surface area contributed by atoms with Crippen LogP contribution in [0, 0.1) is 0 Å². The molecule has 0 spiro atoms. The van der Waals surface area contributed by atoms with E-state index in [4.69, 9.17) is 4.74 Å². The molecule has 1 aromatic carbocycles. The van der Waals surface area contributed by atoms with Crippen LogP contribution in [-0.2, 0) is 11.2 Å². The fourth-order valence-electron chi connectivity index (χ4n) is 2.59. The summed E-state index contributed by atoms with van der Waals surface area (Å²) in [7, 11) is 1.69. The molecule has 2 rings (SSSR count). The van der Waals surface area contributed by atoms with Gasteiger partial charge in [-0.1, -0.05) is 6.92 Å². The quantitative estimate of drug-likeness (QED) is 0.850. The van der Waals surface area contributed by atoms with Gasteiger partial charge in [0.2, 0.25) is 0 Å². The molecule has 2 aromatic rings. The average molecular weight is 290 g/mol. The number of carboxylic acid groups (broad SMARTS) is 1. The van der Waals surface area contributed by atoms with E-state index in [-0.39, 0.29) is 6.04 Å². The third-order valence-electron chi connectivity index (χ3n) is 3.66. The lowest BCUT2D eigenvalue weighted by atomic mass is 10.1. The number of aromatic carboxylic acids is 1. The van der Waals surface area contributed by atoms with Crippen molar-refractivity contribution in [2.24, 2.45) is 0 Å². The summed E-state index contributed by atoms with van der Waals surface area (Å²) in [5.74, 6) is 0.102. The normalized spacial score (nSPS) is 12.7. The molecule has 1 aromatic heterocycles. The highest BCUT2D eigenvalue weighted by Gasteiger charge is 2.16. The monoisotopic (exact) mass is 290 g/mol. The molecule has 0 saturated heterocycles. The Bertz CT molecular complexity index is 634. The van der Waals surface area contributed by atoms with E-state index in [1.807, 2.05) is 0 Å². The minimum Gasteiger partial charge on any atom is -0.478 e. The van der Waals surface area contributed by atoms with Crippen molar-refractivity contribution in [2.45, 2.75) is 39.2 Å². The lowest BCUT2D eigenvalue weighted by Crippen LogP contribution is -2.11. The van der Waals surface area contributed by atoms with E-state index in [1.54, 1.807) is 25.3 Å². The number of hydrogen-bond donors (Lipinski definition) is 1. The van der Waals surface area contributed by atoms with Crippen molar-refractivity contribution in [1.29, 1.82) is 0 Å². The number of ether oxygens (including phenoxy) is 1. The summed E-state index contributed by atoms with van der Waals surface area (Å²) in [5, 5.41) is 9.18. The number of aryl methyl sites for hydroxylation is 1. The minimum atomic E-state index is -0.911. The van der Waals surface area contributed by atoms with Crippen molar-refractivity contribution in [2.75, 3.05) is 13.7 Å². The van der Waals surface area contributed by atoms with E-state index in [2.05, 4.69) is 23.4 Å². The van der Waals surface area contributed by atoms with E-state index in [9.17, 15) is 9.90 Å². The van der Waals surface area contributed by atoms with Crippen molar-refractivity contribution in [3.63, 3.8) is 0 Å². The third-order valence-corrected chi connectivity index (χ3v) is 3.66. The first-order chi connectivity index (χ1) is 10.1. The molecule has 0 aliphatic carbocycles. The molecule has 1 atom stereocenters. The maximum atomic E-state index is 11.2. The molecule has 1 unspecified atom stereocenters. The van der Waals surface area contributed by atoms with Gasteiger partial charge in [0.05, 0.1) is 16.6 Å². The molecule has 0 aliphatic rings. The highest BCUT2D eigenvalue weighted by molar-refractivity contribution is 5.92. The zero-order valence-electron chi connectivity index (χ0n) is 12.8. The predicted molar refractivity (Wildman–Crippen MR) is 81.9 cm³/mol. The van der Waals surface area contributed by atoms with Gasteiger partial charge in [0.1, 0.15) is 5.82 Å². The van der Waals surface area contributed by atoms with Crippen LogP contribution in [0.1, 0.15) is 48.9 Å². The van der Waals surface area contributed by atoms with Gasteiger partial charge >= 0.3 is 5.97 Å². The van der Waals surface area contributed by atoms with E-state index in [1.165, 1.54) is 0 Å². The Balaban J connectivity index is 2.52. The third kappa shape index (κ3) is 3.24. The first-order valence-electron chi connectivity index (χ1n) is 7.31. The highest BCUT2D eigenvalue weighted by atomic mass is 16.5. The first-order valence-corrected chi connectivity index (χ1v) is 7.31. The van der Waals surface area contributed by atoms with Gasteiger partial charge in [-0.2, -0.15) is 0 Å². The Labute approximate surface area is 124 Å². The number of benzene rings is 1. The number of rotatable bonds is 7. The number of imidazole rings is 1. The SMILES string of the molecule is CCCc1nc2ccc(C(=O)O)cc2n1C(C)CCOC. The first kappa shape index (κ1) is 15.5. The van der Waals surface area contributed by atoms with E-state index >= 15 is 0 Å². The molecule has 0 radical (unpaired) electrons. The second-order valence-electron chi connectivity index (χ2n) is 5.29. The lowest BCUT2D eigenvalue weighted by Gasteiger charge is -2.17. The van der Waals surface area contributed by atoms with E-state index in [0.29, 0.717) is 12.2 Å². The zero-order valence-corrected chi connectivity index (χ0v) is 12.8. The van der Waals surface area contributed by atoms with Crippen LogP contribution in [0.5, 0.6) is 0 Å². The Morgan fingerprint density at radius 3 is 2.86 bits per heavy atom. The van der Waals surface area contributed by atoms with Crippen LogP contribution in [0.2, 0.25) is 0 Å². The van der Waals surface area contributed by atoms with Gasteiger partial charge in [-0.25, -0.2) is 9.78 Å². The second-order valence-corrected chi connectivity index (χ2v) is 5.29. The van der Waals surface area contributed by atoms with Gasteiger partial charge in [0, 0.05) is 26.2 Å². The van der Waals surface area contributed by atoms with Crippen molar-refractivity contribution in [1.82, 2.24) is 9.55 Å². The van der Waals surface area contributed by atoms with E-state index < -0.39 is 5.97 Å². The van der Waals surface area contributed by atoms with Gasteiger partial charge in [0.15, 0.2) is 0 Å². The molecule has 21 heavy (non-hydrogen) atoms. The molecule has 0 amide bonds. The molecule has 114 valence electrons. The maximum absolute atomic E-state index is 11.2. The van der Waals surface area contributed by atoms with Gasteiger partial charge in [0.25, 0.3) is 0 Å². The van der Waals surface area contributed by atoms with Crippen LogP contribution in [-0.4, -0.2) is 34.3 Å². The molecule has 0 aliphatic heterocycles. The molecule has 5 heteroatoms. The standard InChI is InChI=1S/C16H22N2O3/c1-4-5-15-17-13-7-6-12(16(19)20)10-14(13)18(15)11(2)8-9-21-3/h6-7,10-11H,4-5,8-9H2,1-3H3,(H,19,20). The Hall–Kier alpha value is -1.88. The summed E-state index contributed by atoms with van der Waals surface area (Å²) in [6, 6.07) is 5.34. The average Bonchev–Trinajstić information content (AvgIpc) is 2.82. The summed E-state index contributed by atoms with van der Waals surface area (Å²) < 4.78 is 7.31. The Morgan fingerprint density at radius 1 is 1.48 bits per heavy atom. The van der Waals surface area contributed by atoms with Crippen molar-refractivity contribution < 1.29 is 14.6 Å². The number of fused-ring (bicyclic) bond motifs is 1. The largest absolute Gasteiger partial charge is 0.478 e. The van der Waals surface area contributed by atoms with Crippen LogP contribution < -0.4 is 0 Å². The molecule has 0 bridgehead atoms. The number of hydrogen-bond acceptors (Lipinski definition) is 3. The number of carboxylic acids is 1. The van der Waals surface area contributed by atoms with Gasteiger partial charge < -0.3 is 14.4 Å². The number of nitrogens with zero attached hydrogens (tertiary/aromatic N) is 2. The molecule has 1 heterocycles. The molecular weight excluding hydrogens is 268 g/mol. The summed E-state index contributed by atoms with van der Waals surface area (Å²) >= 11 is 0.